The van der Waals surface area contributed by atoms with Crippen LogP contribution in [0.25, 0.3) is 0 Å². The number of nitrogens with zero attached hydrogens (tertiary/aromatic N) is 1. The molecule has 31 heavy (non-hydrogen) atoms. The monoisotopic (exact) mass is 418 g/mol. The van der Waals surface area contributed by atoms with Crippen LogP contribution in [0.1, 0.15) is 40.0 Å². The van der Waals surface area contributed by atoms with E-state index >= 15 is 0 Å². The molecule has 158 valence electrons. The predicted molar refractivity (Wildman–Crippen MR) is 117 cm³/mol. The normalized spacial score (nSPS) is 13.6. The molecule has 0 unspecified atom stereocenters. The maximum absolute atomic E-state index is 13.1. The number of benzene rings is 3. The summed E-state index contributed by atoms with van der Waals surface area (Å²) in [5.74, 6) is 0.214. The third kappa shape index (κ3) is 4.43. The van der Waals surface area contributed by atoms with Crippen LogP contribution >= 0.6 is 0 Å². The number of anilines is 1. The largest absolute Gasteiger partial charge is 0.497 e. The molecule has 4 rings (SSSR count). The van der Waals surface area contributed by atoms with Gasteiger partial charge in [-0.1, -0.05) is 24.3 Å². The van der Waals surface area contributed by atoms with Gasteiger partial charge in [-0.25, -0.2) is 4.39 Å². The van der Waals surface area contributed by atoms with Gasteiger partial charge in [0.2, 0.25) is 5.91 Å². The van der Waals surface area contributed by atoms with Gasteiger partial charge in [-0.3, -0.25) is 9.59 Å². The van der Waals surface area contributed by atoms with Gasteiger partial charge in [0.05, 0.1) is 26.1 Å². The van der Waals surface area contributed by atoms with E-state index in [0.29, 0.717) is 12.1 Å². The van der Waals surface area contributed by atoms with Crippen molar-refractivity contribution in [1.82, 2.24) is 5.32 Å². The van der Waals surface area contributed by atoms with Crippen LogP contribution in [0.3, 0.4) is 0 Å². The summed E-state index contributed by atoms with van der Waals surface area (Å²) in [5.41, 5.74) is 3.93. The zero-order chi connectivity index (χ0) is 22.0. The summed E-state index contributed by atoms with van der Waals surface area (Å²) >= 11 is 0. The van der Waals surface area contributed by atoms with Gasteiger partial charge in [0.1, 0.15) is 11.6 Å². The maximum Gasteiger partial charge on any atom is 0.251 e. The average molecular weight is 418 g/mol. The van der Waals surface area contributed by atoms with Gasteiger partial charge in [-0.05, 0) is 66.1 Å². The van der Waals surface area contributed by atoms with Crippen molar-refractivity contribution >= 4 is 17.5 Å². The van der Waals surface area contributed by atoms with Crippen LogP contribution in [0, 0.1) is 5.82 Å². The van der Waals surface area contributed by atoms with Crippen LogP contribution in [0.4, 0.5) is 10.1 Å². The topological polar surface area (TPSA) is 58.6 Å². The van der Waals surface area contributed by atoms with Gasteiger partial charge in [0.25, 0.3) is 5.91 Å². The van der Waals surface area contributed by atoms with E-state index in [0.717, 1.165) is 28.1 Å². The molecule has 0 saturated heterocycles. The zero-order valence-electron chi connectivity index (χ0n) is 17.4. The van der Waals surface area contributed by atoms with E-state index in [9.17, 15) is 14.0 Å². The molecule has 2 amide bonds. The Morgan fingerprint density at radius 3 is 2.48 bits per heavy atom. The summed E-state index contributed by atoms with van der Waals surface area (Å²) in [4.78, 5) is 27.0. The second-order valence-electron chi connectivity index (χ2n) is 7.59. The summed E-state index contributed by atoms with van der Waals surface area (Å²) < 4.78 is 18.3. The fourth-order valence-corrected chi connectivity index (χ4v) is 3.73. The first-order valence-corrected chi connectivity index (χ1v) is 10.1. The Morgan fingerprint density at radius 2 is 1.81 bits per heavy atom. The quantitative estimate of drug-likeness (QED) is 0.645. The van der Waals surface area contributed by atoms with Gasteiger partial charge in [-0.15, -0.1) is 0 Å². The van der Waals surface area contributed by atoms with E-state index in [2.05, 4.69) is 5.32 Å². The first-order chi connectivity index (χ1) is 14.9. The highest BCUT2D eigenvalue weighted by Gasteiger charge is 2.28. The number of nitrogens with one attached hydrogen (secondary N) is 1. The Hall–Kier alpha value is -3.67. The zero-order valence-corrected chi connectivity index (χ0v) is 17.4. The van der Waals surface area contributed by atoms with Gasteiger partial charge < -0.3 is 15.0 Å². The Labute approximate surface area is 180 Å². The number of rotatable bonds is 6. The highest BCUT2D eigenvalue weighted by atomic mass is 19.1. The van der Waals surface area contributed by atoms with Gasteiger partial charge >= 0.3 is 0 Å². The van der Waals surface area contributed by atoms with Crippen molar-refractivity contribution in [2.24, 2.45) is 0 Å². The van der Waals surface area contributed by atoms with Crippen molar-refractivity contribution in [1.29, 1.82) is 0 Å². The fraction of sp³-hybridized carbons (Fsp3) is 0.200. The number of hydrogen-bond acceptors (Lipinski definition) is 3. The number of carbonyl (C=O) groups excluding carboxylic acids is 2. The summed E-state index contributed by atoms with van der Waals surface area (Å²) in [6, 6.07) is 18.8. The Balaban J connectivity index is 1.47. The number of halogens is 1. The molecule has 5 nitrogen and oxygen atoms in total. The highest BCUT2D eigenvalue weighted by molar-refractivity contribution is 6.03. The van der Waals surface area contributed by atoms with Crippen molar-refractivity contribution in [3.63, 3.8) is 0 Å². The third-order valence-electron chi connectivity index (χ3n) is 5.49. The average Bonchev–Trinajstić information content (AvgIpc) is 3.09. The molecule has 0 aliphatic carbocycles. The summed E-state index contributed by atoms with van der Waals surface area (Å²) in [6.07, 6.45) is 0.242. The van der Waals surface area contributed by atoms with Gasteiger partial charge in [0, 0.05) is 11.3 Å². The number of methoxy groups -OCH3 is 1. The first-order valence-electron chi connectivity index (χ1n) is 10.1. The molecule has 0 fully saturated rings. The van der Waals surface area contributed by atoms with E-state index in [1.165, 1.54) is 12.1 Å². The predicted octanol–water partition coefficient (Wildman–Crippen LogP) is 4.41. The number of carbonyl (C=O) groups is 2. The molecule has 1 atom stereocenters. The lowest BCUT2D eigenvalue weighted by Crippen LogP contribution is -2.27. The molecule has 1 heterocycles. The van der Waals surface area contributed by atoms with Crippen LogP contribution in [0.15, 0.2) is 66.7 Å². The van der Waals surface area contributed by atoms with Crippen molar-refractivity contribution in [2.75, 3.05) is 12.0 Å². The van der Waals surface area contributed by atoms with Crippen molar-refractivity contribution in [3.8, 4) is 5.75 Å². The van der Waals surface area contributed by atoms with Crippen LogP contribution in [0.5, 0.6) is 5.75 Å². The molecular weight excluding hydrogens is 395 g/mol. The number of fused-ring (bicyclic) bond motifs is 1. The Bertz CT molecular complexity index is 1110. The smallest absolute Gasteiger partial charge is 0.251 e. The molecule has 6 heteroatoms. The second kappa shape index (κ2) is 8.60. The van der Waals surface area contributed by atoms with E-state index in [1.54, 1.807) is 42.3 Å². The van der Waals surface area contributed by atoms with E-state index in [-0.39, 0.29) is 30.1 Å². The first kappa shape index (κ1) is 20.6. The number of amides is 2. The summed E-state index contributed by atoms with van der Waals surface area (Å²) in [7, 11) is 1.61. The molecule has 3 aromatic carbocycles. The molecule has 3 aromatic rings. The molecule has 1 aliphatic rings. The van der Waals surface area contributed by atoms with Crippen LogP contribution < -0.4 is 15.0 Å². The Morgan fingerprint density at radius 1 is 1.10 bits per heavy atom. The summed E-state index contributed by atoms with van der Waals surface area (Å²) in [6.45, 7) is 2.28. The lowest BCUT2D eigenvalue weighted by molar-refractivity contribution is -0.117. The van der Waals surface area contributed by atoms with E-state index in [1.807, 2.05) is 31.2 Å². The SMILES string of the molecule is COc1ccc([C@@H](C)NC(=O)c2ccc3c(c2)CC(=O)N3Cc2ccc(F)cc2)cc1. The van der Waals surface area contributed by atoms with Gasteiger partial charge in [-0.2, -0.15) is 0 Å². The maximum atomic E-state index is 13.1. The molecule has 1 aliphatic heterocycles. The van der Waals surface area contributed by atoms with Crippen molar-refractivity contribution in [2.45, 2.75) is 25.9 Å². The Kier molecular flexibility index (Phi) is 5.71. The lowest BCUT2D eigenvalue weighted by atomic mass is 10.1. The molecule has 0 spiro atoms. The molecule has 0 radical (unpaired) electrons. The second-order valence-corrected chi connectivity index (χ2v) is 7.59. The van der Waals surface area contributed by atoms with E-state index < -0.39 is 0 Å². The van der Waals surface area contributed by atoms with E-state index in [4.69, 9.17) is 4.74 Å². The third-order valence-corrected chi connectivity index (χ3v) is 5.49. The molecule has 0 aromatic heterocycles. The highest BCUT2D eigenvalue weighted by Crippen LogP contribution is 2.31. The molecule has 0 saturated carbocycles. The summed E-state index contributed by atoms with van der Waals surface area (Å²) in [5, 5.41) is 2.99. The lowest BCUT2D eigenvalue weighted by Gasteiger charge is -2.18. The number of hydrogen-bond donors (Lipinski definition) is 1. The van der Waals surface area contributed by atoms with Crippen LogP contribution in [0.2, 0.25) is 0 Å². The standard InChI is InChI=1S/C25H23FN2O3/c1-16(18-5-10-22(31-2)11-6-18)27-25(30)19-7-12-23-20(13-19)14-24(29)28(23)15-17-3-8-21(26)9-4-17/h3-13,16H,14-15H2,1-2H3,(H,27,30)/t16-/m1/s1. The minimum Gasteiger partial charge on any atom is -0.497 e. The van der Waals surface area contributed by atoms with Crippen molar-refractivity contribution < 1.29 is 18.7 Å². The minimum absolute atomic E-state index is 0.0384. The van der Waals surface area contributed by atoms with Crippen LogP contribution in [-0.2, 0) is 17.8 Å². The minimum atomic E-state index is -0.309. The fourth-order valence-electron chi connectivity index (χ4n) is 3.73. The van der Waals surface area contributed by atoms with Gasteiger partial charge in [0.15, 0.2) is 0 Å². The molecule has 1 N–H and O–H groups in total. The molecular formula is C25H23FN2O3. The van der Waals surface area contributed by atoms with Crippen LogP contribution in [-0.4, -0.2) is 18.9 Å². The molecule has 0 bridgehead atoms. The number of ether oxygens (including phenoxy) is 1. The van der Waals surface area contributed by atoms with Crippen molar-refractivity contribution in [3.05, 3.63) is 94.8 Å².